The van der Waals surface area contributed by atoms with Crippen LogP contribution in [0.1, 0.15) is 55.5 Å². The fourth-order valence-electron chi connectivity index (χ4n) is 4.09. The highest BCUT2D eigenvalue weighted by molar-refractivity contribution is 7.89. The second-order valence-electron chi connectivity index (χ2n) is 8.43. The molecule has 0 aliphatic carbocycles. The van der Waals surface area contributed by atoms with E-state index in [1.54, 1.807) is 27.4 Å². The van der Waals surface area contributed by atoms with Gasteiger partial charge in [-0.1, -0.05) is 19.4 Å². The third kappa shape index (κ3) is 3.91. The average Bonchev–Trinajstić information content (AvgIpc) is 3.04. The van der Waals surface area contributed by atoms with Crippen LogP contribution in [0.25, 0.3) is 0 Å². The first-order valence-electron chi connectivity index (χ1n) is 9.80. The highest BCUT2D eigenvalue weighted by Crippen LogP contribution is 2.31. The summed E-state index contributed by atoms with van der Waals surface area (Å²) in [6, 6.07) is 4.92. The molecule has 0 saturated carbocycles. The van der Waals surface area contributed by atoms with Crippen molar-refractivity contribution in [3.05, 3.63) is 29.3 Å². The summed E-state index contributed by atoms with van der Waals surface area (Å²) in [5, 5.41) is 0. The zero-order valence-electron chi connectivity index (χ0n) is 16.6. The second kappa shape index (κ2) is 7.53. The van der Waals surface area contributed by atoms with Crippen LogP contribution in [0, 0.1) is 12.3 Å². The Hall–Kier alpha value is -1.44. The van der Waals surface area contributed by atoms with Gasteiger partial charge in [-0.2, -0.15) is 4.31 Å². The van der Waals surface area contributed by atoms with Gasteiger partial charge in [0.25, 0.3) is 5.91 Å². The van der Waals surface area contributed by atoms with E-state index in [0.717, 1.165) is 31.2 Å². The molecule has 0 spiro atoms. The number of benzene rings is 1. The summed E-state index contributed by atoms with van der Waals surface area (Å²) in [6.07, 6.45) is 3.69. The fourth-order valence-corrected chi connectivity index (χ4v) is 5.82. The Morgan fingerprint density at radius 3 is 2.67 bits per heavy atom. The minimum Gasteiger partial charge on any atom is -0.338 e. The maximum Gasteiger partial charge on any atom is 0.254 e. The number of carbonyl (C=O) groups is 1. The van der Waals surface area contributed by atoms with Gasteiger partial charge in [-0.3, -0.25) is 4.79 Å². The molecule has 2 saturated heterocycles. The molecule has 2 atom stereocenters. The molecule has 6 nitrogen and oxygen atoms in total. The smallest absolute Gasteiger partial charge is 0.254 e. The lowest BCUT2D eigenvalue weighted by Gasteiger charge is -2.32. The standard InChI is InChI=1S/C20H31N3O3S/c1-15-7-8-17(27(25,26)23-10-5-4-6-16(23)2)12-18(15)19(24)22-11-9-20(3,13-21)14-22/h7-8,12,16H,4-6,9-11,13-14,21H2,1-3H3. The van der Waals surface area contributed by atoms with E-state index in [1.165, 1.54) is 0 Å². The van der Waals surface area contributed by atoms with Gasteiger partial charge < -0.3 is 10.6 Å². The summed E-state index contributed by atoms with van der Waals surface area (Å²) in [6.45, 7) is 8.25. The summed E-state index contributed by atoms with van der Waals surface area (Å²) in [5.74, 6) is -0.103. The monoisotopic (exact) mass is 393 g/mol. The minimum absolute atomic E-state index is 0.00644. The molecular formula is C20H31N3O3S. The summed E-state index contributed by atoms with van der Waals surface area (Å²) in [4.78, 5) is 15.1. The molecule has 2 aliphatic heterocycles. The van der Waals surface area contributed by atoms with Gasteiger partial charge in [-0.05, 0) is 62.8 Å². The van der Waals surface area contributed by atoms with Gasteiger partial charge in [0.1, 0.15) is 0 Å². The number of nitrogens with zero attached hydrogens (tertiary/aromatic N) is 2. The van der Waals surface area contributed by atoms with Gasteiger partial charge >= 0.3 is 0 Å². The van der Waals surface area contributed by atoms with Gasteiger partial charge in [-0.15, -0.1) is 0 Å². The third-order valence-electron chi connectivity index (χ3n) is 6.13. The molecule has 2 N–H and O–H groups in total. The summed E-state index contributed by atoms with van der Waals surface area (Å²) >= 11 is 0. The molecule has 2 heterocycles. The minimum atomic E-state index is -3.59. The SMILES string of the molecule is Cc1ccc(S(=O)(=O)N2CCCCC2C)cc1C(=O)N1CCC(C)(CN)C1. The van der Waals surface area contributed by atoms with Crippen LogP contribution in [-0.2, 0) is 10.0 Å². The number of hydrogen-bond donors (Lipinski definition) is 1. The molecule has 1 aromatic carbocycles. The molecule has 0 bridgehead atoms. The van der Waals surface area contributed by atoms with E-state index in [0.29, 0.717) is 31.7 Å². The molecule has 1 aromatic rings. The Bertz CT molecular complexity index is 824. The van der Waals surface area contributed by atoms with Gasteiger partial charge in [-0.25, -0.2) is 8.42 Å². The maximum absolute atomic E-state index is 13.1. The Kier molecular flexibility index (Phi) is 5.66. The molecule has 0 aromatic heterocycles. The predicted octanol–water partition coefficient (Wildman–Crippen LogP) is 2.37. The van der Waals surface area contributed by atoms with Crippen molar-refractivity contribution in [2.75, 3.05) is 26.2 Å². The lowest BCUT2D eigenvalue weighted by Crippen LogP contribution is -2.42. The first kappa shape index (κ1) is 20.3. The van der Waals surface area contributed by atoms with Crippen LogP contribution in [0.2, 0.25) is 0 Å². The van der Waals surface area contributed by atoms with Gasteiger partial charge in [0.2, 0.25) is 10.0 Å². The third-order valence-corrected chi connectivity index (χ3v) is 8.14. The summed E-state index contributed by atoms with van der Waals surface area (Å²) < 4.78 is 27.9. The zero-order valence-corrected chi connectivity index (χ0v) is 17.4. The highest BCUT2D eigenvalue weighted by Gasteiger charge is 2.36. The number of nitrogens with two attached hydrogens (primary N) is 1. The first-order chi connectivity index (χ1) is 12.7. The number of aryl methyl sites for hydroxylation is 1. The molecule has 2 unspecified atom stereocenters. The molecular weight excluding hydrogens is 362 g/mol. The number of hydrogen-bond acceptors (Lipinski definition) is 4. The Morgan fingerprint density at radius 2 is 2.04 bits per heavy atom. The van der Waals surface area contributed by atoms with Crippen molar-refractivity contribution in [1.82, 2.24) is 9.21 Å². The van der Waals surface area contributed by atoms with Crippen molar-refractivity contribution in [3.8, 4) is 0 Å². The molecule has 7 heteroatoms. The molecule has 1 amide bonds. The van der Waals surface area contributed by atoms with Crippen LogP contribution >= 0.6 is 0 Å². The van der Waals surface area contributed by atoms with E-state index in [1.807, 2.05) is 13.8 Å². The van der Waals surface area contributed by atoms with Gasteiger partial charge in [0, 0.05) is 31.2 Å². The molecule has 150 valence electrons. The summed E-state index contributed by atoms with van der Waals surface area (Å²) in [5.41, 5.74) is 7.07. The lowest BCUT2D eigenvalue weighted by molar-refractivity contribution is 0.0776. The lowest BCUT2D eigenvalue weighted by atomic mass is 9.90. The molecule has 3 rings (SSSR count). The largest absolute Gasteiger partial charge is 0.338 e. The van der Waals surface area contributed by atoms with Crippen LogP contribution in [-0.4, -0.2) is 55.8 Å². The molecule has 2 aliphatic rings. The Morgan fingerprint density at radius 1 is 1.30 bits per heavy atom. The molecule has 2 fully saturated rings. The quantitative estimate of drug-likeness (QED) is 0.851. The van der Waals surface area contributed by atoms with E-state index < -0.39 is 10.0 Å². The van der Waals surface area contributed by atoms with Crippen molar-refractivity contribution in [1.29, 1.82) is 0 Å². The molecule has 0 radical (unpaired) electrons. The van der Waals surface area contributed by atoms with Crippen molar-refractivity contribution >= 4 is 15.9 Å². The van der Waals surface area contributed by atoms with Crippen LogP contribution in [0.5, 0.6) is 0 Å². The van der Waals surface area contributed by atoms with Crippen molar-refractivity contribution in [3.63, 3.8) is 0 Å². The first-order valence-corrected chi connectivity index (χ1v) is 11.2. The van der Waals surface area contributed by atoms with E-state index in [9.17, 15) is 13.2 Å². The Balaban J connectivity index is 1.89. The number of amides is 1. The number of carbonyl (C=O) groups excluding carboxylic acids is 1. The van der Waals surface area contributed by atoms with Crippen LogP contribution in [0.4, 0.5) is 0 Å². The topological polar surface area (TPSA) is 83.7 Å². The van der Waals surface area contributed by atoms with Crippen molar-refractivity contribution in [2.45, 2.75) is 57.4 Å². The zero-order chi connectivity index (χ0) is 19.8. The Labute approximate surface area is 162 Å². The number of rotatable bonds is 4. The van der Waals surface area contributed by atoms with Crippen molar-refractivity contribution in [2.24, 2.45) is 11.1 Å². The number of piperidine rings is 1. The normalized spacial score (nSPS) is 27.1. The average molecular weight is 394 g/mol. The van der Waals surface area contributed by atoms with Crippen LogP contribution in [0.3, 0.4) is 0 Å². The fraction of sp³-hybridized carbons (Fsp3) is 0.650. The highest BCUT2D eigenvalue weighted by atomic mass is 32.2. The van der Waals surface area contributed by atoms with E-state index in [2.05, 4.69) is 6.92 Å². The van der Waals surface area contributed by atoms with Crippen LogP contribution < -0.4 is 5.73 Å². The maximum atomic E-state index is 13.1. The summed E-state index contributed by atoms with van der Waals surface area (Å²) in [7, 11) is -3.59. The molecule has 27 heavy (non-hydrogen) atoms. The van der Waals surface area contributed by atoms with E-state index >= 15 is 0 Å². The second-order valence-corrected chi connectivity index (χ2v) is 10.3. The van der Waals surface area contributed by atoms with Crippen LogP contribution in [0.15, 0.2) is 23.1 Å². The van der Waals surface area contributed by atoms with Crippen molar-refractivity contribution < 1.29 is 13.2 Å². The number of sulfonamides is 1. The van der Waals surface area contributed by atoms with E-state index in [4.69, 9.17) is 5.73 Å². The van der Waals surface area contributed by atoms with Gasteiger partial charge in [0.05, 0.1) is 4.90 Å². The van der Waals surface area contributed by atoms with E-state index in [-0.39, 0.29) is 22.3 Å². The predicted molar refractivity (Wildman–Crippen MR) is 106 cm³/mol. The number of likely N-dealkylation sites (tertiary alicyclic amines) is 1. The van der Waals surface area contributed by atoms with Gasteiger partial charge in [0.15, 0.2) is 0 Å².